The summed E-state index contributed by atoms with van der Waals surface area (Å²) < 4.78 is 23.0. The molecule has 0 unspecified atom stereocenters. The molecule has 0 fully saturated rings. The van der Waals surface area contributed by atoms with Crippen molar-refractivity contribution in [2.75, 3.05) is 0 Å². The first-order chi connectivity index (χ1) is 6.18. The third-order valence-electron chi connectivity index (χ3n) is 0.886. The Morgan fingerprint density at radius 2 is 2.31 bits per heavy atom. The Morgan fingerprint density at radius 1 is 1.54 bits per heavy atom. The molecular weight excluding hydrogens is 196 g/mol. The second-order valence-electron chi connectivity index (χ2n) is 1.76. The Morgan fingerprint density at radius 3 is 2.85 bits per heavy atom. The highest BCUT2D eigenvalue weighted by Gasteiger charge is 1.92. The predicted octanol–water partition coefficient (Wildman–Crippen LogP) is -1.12. The molecule has 8 nitrogen and oxygen atoms in total. The Bertz CT molecular complexity index is 429. The molecule has 13 heavy (non-hydrogen) atoms. The lowest BCUT2D eigenvalue weighted by molar-refractivity contribution is 0.623. The van der Waals surface area contributed by atoms with Gasteiger partial charge in [-0.25, -0.2) is 0 Å². The minimum Gasteiger partial charge on any atom is -0.367 e. The second-order valence-corrected chi connectivity index (χ2v) is 2.37. The number of hydrogen-bond acceptors (Lipinski definition) is 6. The van der Waals surface area contributed by atoms with E-state index in [1.807, 2.05) is 0 Å². The number of aromatic nitrogens is 3. The Kier molecular flexibility index (Phi) is 2.97. The highest BCUT2D eigenvalue weighted by molar-refractivity contribution is 7.62. The normalized spacial score (nSPS) is 10.9. The van der Waals surface area contributed by atoms with Gasteiger partial charge in [0.2, 0.25) is 5.96 Å². The zero-order valence-electron chi connectivity index (χ0n) is 6.19. The summed E-state index contributed by atoms with van der Waals surface area (Å²) in [7, 11) is -2.61. The number of hydrogen-bond donors (Lipinski definition) is 1. The molecule has 0 saturated carbocycles. The third-order valence-corrected chi connectivity index (χ3v) is 1.22. The van der Waals surface area contributed by atoms with Gasteiger partial charge in [-0.3, -0.25) is 0 Å². The van der Waals surface area contributed by atoms with E-state index in [2.05, 4.69) is 24.8 Å². The van der Waals surface area contributed by atoms with Gasteiger partial charge in [0.15, 0.2) is 5.82 Å². The van der Waals surface area contributed by atoms with E-state index in [-0.39, 0.29) is 5.82 Å². The molecule has 9 heteroatoms. The standard InChI is InChI=1S/C4H4N6O2S/c5-4(9-13(11)12)7-3-1-2-6-10-8-3/h1-2H,(H2,5,6,7,8). The van der Waals surface area contributed by atoms with Crippen LogP contribution in [-0.4, -0.2) is 29.8 Å². The Balaban J connectivity index is 2.96. The van der Waals surface area contributed by atoms with Crippen LogP contribution in [-0.2, 0) is 10.5 Å². The fraction of sp³-hybridized carbons (Fsp3) is 0. The van der Waals surface area contributed by atoms with Crippen LogP contribution in [0.2, 0.25) is 0 Å². The first-order valence-corrected chi connectivity index (χ1v) is 4.01. The summed E-state index contributed by atoms with van der Waals surface area (Å²) in [6.45, 7) is 0. The van der Waals surface area contributed by atoms with Crippen molar-refractivity contribution in [3.63, 3.8) is 0 Å². The number of aliphatic imine (C=N–C) groups is 1. The highest BCUT2D eigenvalue weighted by Crippen LogP contribution is 2.01. The van der Waals surface area contributed by atoms with Gasteiger partial charge in [0.05, 0.1) is 6.20 Å². The number of rotatable bonds is 1. The third kappa shape index (κ3) is 3.33. The van der Waals surface area contributed by atoms with E-state index in [9.17, 15) is 8.42 Å². The van der Waals surface area contributed by atoms with Crippen LogP contribution in [0.1, 0.15) is 0 Å². The molecule has 0 radical (unpaired) electrons. The van der Waals surface area contributed by atoms with Crippen LogP contribution in [0, 0.1) is 0 Å². The minimum atomic E-state index is -2.61. The van der Waals surface area contributed by atoms with Crippen molar-refractivity contribution in [2.24, 2.45) is 15.1 Å². The van der Waals surface area contributed by atoms with Gasteiger partial charge in [-0.1, -0.05) is 4.36 Å². The van der Waals surface area contributed by atoms with E-state index in [0.29, 0.717) is 0 Å². The molecule has 1 aromatic heterocycles. The van der Waals surface area contributed by atoms with Gasteiger partial charge in [-0.2, -0.15) is 13.4 Å². The maximum atomic E-state index is 10.0. The van der Waals surface area contributed by atoms with Crippen molar-refractivity contribution in [1.82, 2.24) is 15.4 Å². The second kappa shape index (κ2) is 4.21. The van der Waals surface area contributed by atoms with Crippen LogP contribution in [0.25, 0.3) is 0 Å². The molecule has 0 aromatic carbocycles. The average molecular weight is 200 g/mol. The van der Waals surface area contributed by atoms with Crippen molar-refractivity contribution >= 4 is 22.3 Å². The zero-order chi connectivity index (χ0) is 9.68. The van der Waals surface area contributed by atoms with E-state index in [0.717, 1.165) is 0 Å². The van der Waals surface area contributed by atoms with Crippen LogP contribution >= 0.6 is 0 Å². The van der Waals surface area contributed by atoms with Gasteiger partial charge in [0.25, 0.3) is 0 Å². The smallest absolute Gasteiger partial charge is 0.319 e. The summed E-state index contributed by atoms with van der Waals surface area (Å²) in [6, 6.07) is 1.41. The minimum absolute atomic E-state index is 0.140. The molecule has 1 aromatic rings. The summed E-state index contributed by atoms with van der Waals surface area (Å²) in [5.41, 5.74) is 5.11. The molecule has 68 valence electrons. The van der Waals surface area contributed by atoms with Gasteiger partial charge < -0.3 is 5.73 Å². The van der Waals surface area contributed by atoms with Crippen molar-refractivity contribution < 1.29 is 8.42 Å². The molecule has 0 atom stereocenters. The van der Waals surface area contributed by atoms with E-state index in [1.54, 1.807) is 0 Å². The Hall–Kier alpha value is -1.90. The molecule has 2 N–H and O–H groups in total. The number of guanidine groups is 1. The molecule has 0 aliphatic carbocycles. The largest absolute Gasteiger partial charge is 0.367 e. The maximum Gasteiger partial charge on any atom is 0.319 e. The molecule has 0 saturated heterocycles. The first-order valence-electron chi connectivity index (χ1n) is 2.98. The SMILES string of the molecule is NC(=Nc1ccnnn1)N=S(=O)=O. The summed E-state index contributed by atoms with van der Waals surface area (Å²) in [4.78, 5) is 3.52. The first kappa shape index (κ1) is 9.19. The van der Waals surface area contributed by atoms with Crippen LogP contribution in [0.15, 0.2) is 21.6 Å². The lowest BCUT2D eigenvalue weighted by atomic mass is 10.6. The van der Waals surface area contributed by atoms with Crippen molar-refractivity contribution in [3.05, 3.63) is 12.3 Å². The average Bonchev–Trinajstić information content (AvgIpc) is 2.04. The van der Waals surface area contributed by atoms with Gasteiger partial charge in [0, 0.05) is 6.07 Å². The predicted molar refractivity (Wildman–Crippen MR) is 42.5 cm³/mol. The van der Waals surface area contributed by atoms with Gasteiger partial charge >= 0.3 is 10.5 Å². The maximum absolute atomic E-state index is 10.0. The van der Waals surface area contributed by atoms with Crippen LogP contribution in [0.4, 0.5) is 5.82 Å². The van der Waals surface area contributed by atoms with Crippen LogP contribution in [0.5, 0.6) is 0 Å². The molecule has 1 rings (SSSR count). The number of nitrogens with two attached hydrogens (primary N) is 1. The molecular formula is C4H4N6O2S. The molecule has 1 heterocycles. The van der Waals surface area contributed by atoms with Crippen molar-refractivity contribution in [2.45, 2.75) is 0 Å². The van der Waals surface area contributed by atoms with Crippen molar-refractivity contribution in [1.29, 1.82) is 0 Å². The molecule has 0 bridgehead atoms. The van der Waals surface area contributed by atoms with E-state index < -0.39 is 16.5 Å². The summed E-state index contributed by atoms with van der Waals surface area (Å²) in [6.07, 6.45) is 1.34. The molecule has 0 amide bonds. The van der Waals surface area contributed by atoms with E-state index >= 15 is 0 Å². The quantitative estimate of drug-likeness (QED) is 0.452. The molecule has 0 aliphatic rings. The Labute approximate surface area is 74.2 Å². The van der Waals surface area contributed by atoms with Crippen LogP contribution in [0.3, 0.4) is 0 Å². The van der Waals surface area contributed by atoms with Gasteiger partial charge in [-0.15, -0.1) is 10.2 Å². The fourth-order valence-electron chi connectivity index (χ4n) is 0.509. The molecule has 0 spiro atoms. The number of nitrogens with zero attached hydrogens (tertiary/aromatic N) is 5. The lowest BCUT2D eigenvalue weighted by Crippen LogP contribution is -2.07. The van der Waals surface area contributed by atoms with Crippen LogP contribution < -0.4 is 5.73 Å². The topological polar surface area (TPSA) is 124 Å². The lowest BCUT2D eigenvalue weighted by Gasteiger charge is -1.87. The summed E-state index contributed by atoms with van der Waals surface area (Å²) in [5.74, 6) is -0.268. The van der Waals surface area contributed by atoms with E-state index in [1.165, 1.54) is 12.3 Å². The fourth-order valence-corrected chi connectivity index (χ4v) is 0.702. The van der Waals surface area contributed by atoms with Gasteiger partial charge in [-0.05, 0) is 5.21 Å². The summed E-state index contributed by atoms with van der Waals surface area (Å²) >= 11 is 0. The van der Waals surface area contributed by atoms with Gasteiger partial charge in [0.1, 0.15) is 0 Å². The monoisotopic (exact) mass is 200 g/mol. The summed E-state index contributed by atoms with van der Waals surface area (Å²) in [5, 5.41) is 10.1. The van der Waals surface area contributed by atoms with E-state index in [4.69, 9.17) is 5.73 Å². The molecule has 0 aliphatic heterocycles. The van der Waals surface area contributed by atoms with Crippen molar-refractivity contribution in [3.8, 4) is 0 Å². The highest BCUT2D eigenvalue weighted by atomic mass is 32.2. The zero-order valence-corrected chi connectivity index (χ0v) is 7.01.